The molecule has 118 valence electrons. The fourth-order valence-corrected chi connectivity index (χ4v) is 3.17. The summed E-state index contributed by atoms with van der Waals surface area (Å²) < 4.78 is 0. The molecule has 0 aromatic heterocycles. The van der Waals surface area contributed by atoms with Gasteiger partial charge < -0.3 is 5.73 Å². The molecule has 0 aromatic rings. The zero-order valence-corrected chi connectivity index (χ0v) is 16.1. The molecule has 0 saturated carbocycles. The molecule has 0 atom stereocenters. The number of hydrogen-bond donors (Lipinski definition) is 1. The van der Waals surface area contributed by atoms with Crippen LogP contribution >= 0.6 is 31.9 Å². The summed E-state index contributed by atoms with van der Waals surface area (Å²) in [6, 6.07) is 0. The van der Waals surface area contributed by atoms with Crippen LogP contribution in [0.15, 0.2) is 0 Å². The zero-order valence-electron chi connectivity index (χ0n) is 12.9. The van der Waals surface area contributed by atoms with Crippen molar-refractivity contribution < 1.29 is 0 Å². The highest BCUT2D eigenvalue weighted by molar-refractivity contribution is 9.09. The molecule has 0 aromatic carbocycles. The molecule has 0 amide bonds. The molecule has 0 bridgehead atoms. The Balaban J connectivity index is 0. The molecule has 0 unspecified atom stereocenters. The Hall–Kier alpha value is 0.920. The lowest BCUT2D eigenvalue weighted by atomic mass is 10.1. The van der Waals surface area contributed by atoms with E-state index in [1.807, 2.05) is 0 Å². The summed E-state index contributed by atoms with van der Waals surface area (Å²) in [7, 11) is 0. The van der Waals surface area contributed by atoms with Gasteiger partial charge in [0.1, 0.15) is 0 Å². The van der Waals surface area contributed by atoms with Gasteiger partial charge in [0.2, 0.25) is 0 Å². The molecule has 0 heterocycles. The maximum Gasteiger partial charge on any atom is 0.00392 e. The van der Waals surface area contributed by atoms with Crippen molar-refractivity contribution in [2.24, 2.45) is 5.73 Å². The van der Waals surface area contributed by atoms with Crippen LogP contribution in [0.3, 0.4) is 0 Å². The van der Waals surface area contributed by atoms with Gasteiger partial charge in [-0.15, -0.1) is 0 Å². The predicted molar refractivity (Wildman–Crippen MR) is 97.7 cm³/mol. The lowest BCUT2D eigenvalue weighted by Gasteiger charge is -2.01. The first-order valence-electron chi connectivity index (χ1n) is 8.15. The van der Waals surface area contributed by atoms with Gasteiger partial charge in [0.15, 0.2) is 0 Å². The first-order valence-corrected chi connectivity index (χ1v) is 10.4. The molecule has 0 fully saturated rings. The van der Waals surface area contributed by atoms with E-state index < -0.39 is 0 Å². The van der Waals surface area contributed by atoms with Crippen molar-refractivity contribution in [1.82, 2.24) is 0 Å². The highest BCUT2D eigenvalue weighted by atomic mass is 79.9. The average Bonchev–Trinajstić information content (AvgIpc) is 2.43. The van der Waals surface area contributed by atoms with Crippen LogP contribution < -0.4 is 5.73 Å². The minimum Gasteiger partial charge on any atom is -0.330 e. The Labute approximate surface area is 138 Å². The molecule has 0 saturated heterocycles. The Kier molecular flexibility index (Phi) is 28.0. The van der Waals surface area contributed by atoms with Crippen molar-refractivity contribution in [2.75, 3.05) is 17.2 Å². The summed E-state index contributed by atoms with van der Waals surface area (Å²) >= 11 is 6.56. The Bertz CT molecular complexity index is 118. The molecule has 2 N–H and O–H groups in total. The summed E-state index contributed by atoms with van der Waals surface area (Å²) in [6.07, 6.45) is 16.6. The molecular weight excluding hydrogens is 366 g/mol. The maximum atomic E-state index is 5.44. The van der Waals surface area contributed by atoms with E-state index in [2.05, 4.69) is 38.8 Å². The number of halogens is 2. The molecule has 0 radical (unpaired) electrons. The highest BCUT2D eigenvalue weighted by Gasteiger charge is 1.91. The SMILES string of the molecule is BrCCCBr.CCCCCCCCCCCCCN. The standard InChI is InChI=1S/C13H29N.C3H6Br2/c1-2-3-4-5-6-7-8-9-10-11-12-13-14;4-2-1-3-5/h2-14H2,1H3;1-3H2. The topological polar surface area (TPSA) is 26.0 Å². The third-order valence-corrected chi connectivity index (χ3v) is 4.20. The maximum absolute atomic E-state index is 5.44. The van der Waals surface area contributed by atoms with E-state index in [1.165, 1.54) is 77.0 Å². The smallest absolute Gasteiger partial charge is 0.00392 e. The fourth-order valence-electron chi connectivity index (χ4n) is 1.86. The molecule has 0 spiro atoms. The van der Waals surface area contributed by atoms with Gasteiger partial charge in [0.25, 0.3) is 0 Å². The monoisotopic (exact) mass is 399 g/mol. The summed E-state index contributed by atoms with van der Waals surface area (Å²) in [5.74, 6) is 0. The minimum absolute atomic E-state index is 0.872. The highest BCUT2D eigenvalue weighted by Crippen LogP contribution is 2.10. The van der Waals surface area contributed by atoms with Gasteiger partial charge in [0, 0.05) is 10.7 Å². The van der Waals surface area contributed by atoms with Gasteiger partial charge >= 0.3 is 0 Å². The number of nitrogens with two attached hydrogens (primary N) is 1. The van der Waals surface area contributed by atoms with Crippen molar-refractivity contribution in [3.8, 4) is 0 Å². The molecule has 1 nitrogen and oxygen atoms in total. The lowest BCUT2D eigenvalue weighted by Crippen LogP contribution is -1.97. The summed E-state index contributed by atoms with van der Waals surface area (Å²) in [4.78, 5) is 0. The number of hydrogen-bond acceptors (Lipinski definition) is 1. The molecule has 3 heteroatoms. The van der Waals surface area contributed by atoms with E-state index in [1.54, 1.807) is 0 Å². The van der Waals surface area contributed by atoms with Gasteiger partial charge in [-0.05, 0) is 19.4 Å². The van der Waals surface area contributed by atoms with E-state index in [0.717, 1.165) is 17.2 Å². The lowest BCUT2D eigenvalue weighted by molar-refractivity contribution is 0.551. The van der Waals surface area contributed by atoms with E-state index in [-0.39, 0.29) is 0 Å². The van der Waals surface area contributed by atoms with Crippen LogP contribution in [-0.2, 0) is 0 Å². The number of alkyl halides is 2. The third-order valence-electron chi connectivity index (χ3n) is 3.07. The van der Waals surface area contributed by atoms with E-state index >= 15 is 0 Å². The molecule has 0 aliphatic rings. The fraction of sp³-hybridized carbons (Fsp3) is 1.00. The van der Waals surface area contributed by atoms with Crippen LogP contribution in [0.1, 0.15) is 84.0 Å². The van der Waals surface area contributed by atoms with Crippen LogP contribution in [0.2, 0.25) is 0 Å². The van der Waals surface area contributed by atoms with Crippen molar-refractivity contribution >= 4 is 31.9 Å². The molecule has 0 rings (SSSR count). The quantitative estimate of drug-likeness (QED) is 0.280. The second-order valence-corrected chi connectivity index (χ2v) is 6.64. The second kappa shape index (κ2) is 24.0. The summed E-state index contributed by atoms with van der Waals surface area (Å²) in [5, 5.41) is 2.22. The van der Waals surface area contributed by atoms with Crippen molar-refractivity contribution in [1.29, 1.82) is 0 Å². The van der Waals surface area contributed by atoms with Crippen molar-refractivity contribution in [3.63, 3.8) is 0 Å². The minimum atomic E-state index is 0.872. The van der Waals surface area contributed by atoms with Gasteiger partial charge in [-0.2, -0.15) is 0 Å². The van der Waals surface area contributed by atoms with E-state index in [9.17, 15) is 0 Å². The van der Waals surface area contributed by atoms with E-state index in [0.29, 0.717) is 0 Å². The van der Waals surface area contributed by atoms with Gasteiger partial charge in [-0.1, -0.05) is 103 Å². The summed E-state index contributed by atoms with van der Waals surface area (Å²) in [5.41, 5.74) is 5.44. The average molecular weight is 401 g/mol. The van der Waals surface area contributed by atoms with Crippen LogP contribution in [-0.4, -0.2) is 17.2 Å². The van der Waals surface area contributed by atoms with Crippen molar-refractivity contribution in [3.05, 3.63) is 0 Å². The first kappa shape index (κ1) is 22.2. The third kappa shape index (κ3) is 28.0. The number of rotatable bonds is 13. The van der Waals surface area contributed by atoms with Gasteiger partial charge in [-0.25, -0.2) is 0 Å². The molecule has 0 aliphatic heterocycles. The van der Waals surface area contributed by atoms with Crippen LogP contribution in [0.25, 0.3) is 0 Å². The predicted octanol–water partition coefficient (Wildman–Crippen LogP) is 6.42. The normalized spacial score (nSPS) is 10.1. The Morgan fingerprint density at radius 2 is 0.947 bits per heavy atom. The molecule has 0 aliphatic carbocycles. The largest absolute Gasteiger partial charge is 0.330 e. The van der Waals surface area contributed by atoms with Gasteiger partial charge in [-0.3, -0.25) is 0 Å². The Morgan fingerprint density at radius 1 is 0.579 bits per heavy atom. The zero-order chi connectivity index (χ0) is 14.6. The second-order valence-electron chi connectivity index (χ2n) is 5.06. The van der Waals surface area contributed by atoms with Crippen LogP contribution in [0, 0.1) is 0 Å². The molecular formula is C16H35Br2N. The van der Waals surface area contributed by atoms with Crippen LogP contribution in [0.5, 0.6) is 0 Å². The summed E-state index contributed by atoms with van der Waals surface area (Å²) in [6.45, 7) is 3.15. The Morgan fingerprint density at radius 3 is 1.21 bits per heavy atom. The van der Waals surface area contributed by atoms with Gasteiger partial charge in [0.05, 0.1) is 0 Å². The number of unbranched alkanes of at least 4 members (excludes halogenated alkanes) is 10. The molecule has 19 heavy (non-hydrogen) atoms. The first-order chi connectivity index (χ1) is 9.33. The van der Waals surface area contributed by atoms with E-state index in [4.69, 9.17) is 5.73 Å². The van der Waals surface area contributed by atoms with Crippen molar-refractivity contribution in [2.45, 2.75) is 84.0 Å². The van der Waals surface area contributed by atoms with Crippen LogP contribution in [0.4, 0.5) is 0 Å².